The average molecular weight is 248 g/mol. The highest BCUT2D eigenvalue weighted by Gasteiger charge is 2.09. The van der Waals surface area contributed by atoms with Crippen molar-refractivity contribution in [3.05, 3.63) is 53.7 Å². The van der Waals surface area contributed by atoms with Crippen LogP contribution in [0.15, 0.2) is 41.2 Å². The third-order valence-electron chi connectivity index (χ3n) is 2.53. The summed E-state index contributed by atoms with van der Waals surface area (Å²) in [6, 6.07) is 5.92. The van der Waals surface area contributed by atoms with Gasteiger partial charge in [-0.2, -0.15) is 0 Å². The van der Waals surface area contributed by atoms with Crippen molar-refractivity contribution in [2.75, 3.05) is 6.54 Å². The molecule has 0 radical (unpaired) electrons. The molecule has 94 valence electrons. The van der Waals surface area contributed by atoms with Crippen molar-refractivity contribution in [2.24, 2.45) is 0 Å². The van der Waals surface area contributed by atoms with Crippen molar-refractivity contribution < 1.29 is 13.7 Å². The molecule has 0 bridgehead atoms. The average Bonchev–Trinajstić information content (AvgIpc) is 2.88. The number of halogens is 1. The van der Waals surface area contributed by atoms with Crippen molar-refractivity contribution in [3.63, 3.8) is 0 Å². The van der Waals surface area contributed by atoms with Gasteiger partial charge < -0.3 is 9.84 Å². The van der Waals surface area contributed by atoms with Crippen LogP contribution in [-0.2, 0) is 6.42 Å². The zero-order valence-electron chi connectivity index (χ0n) is 9.73. The first-order valence-corrected chi connectivity index (χ1v) is 5.68. The number of aryl methyl sites for hydroxylation is 1. The lowest BCUT2D eigenvalue weighted by atomic mass is 10.2. The first-order valence-electron chi connectivity index (χ1n) is 5.68. The molecule has 5 heteroatoms. The summed E-state index contributed by atoms with van der Waals surface area (Å²) in [4.78, 5) is 11.6. The molecule has 1 aromatic heterocycles. The van der Waals surface area contributed by atoms with Gasteiger partial charge in [0.15, 0.2) is 0 Å². The molecule has 2 rings (SSSR count). The number of rotatable bonds is 5. The maximum Gasteiger partial charge on any atom is 0.254 e. The van der Waals surface area contributed by atoms with Crippen LogP contribution in [0.3, 0.4) is 0 Å². The summed E-state index contributed by atoms with van der Waals surface area (Å²) in [6.45, 7) is 0.484. The number of amides is 1. The van der Waals surface area contributed by atoms with E-state index >= 15 is 0 Å². The van der Waals surface area contributed by atoms with Gasteiger partial charge in [-0.25, -0.2) is 4.39 Å². The molecule has 2 aromatic rings. The number of benzene rings is 1. The highest BCUT2D eigenvalue weighted by atomic mass is 19.1. The Bertz CT molecular complexity index is 511. The normalized spacial score (nSPS) is 10.3. The molecule has 0 aliphatic rings. The predicted octanol–water partition coefficient (Wildman–Crippen LogP) is 2.18. The molecule has 0 saturated carbocycles. The lowest BCUT2D eigenvalue weighted by Crippen LogP contribution is -2.25. The monoisotopic (exact) mass is 248 g/mol. The molecule has 0 fully saturated rings. The van der Waals surface area contributed by atoms with Crippen LogP contribution < -0.4 is 5.32 Å². The standard InChI is InChI=1S/C13H13FN2O2/c14-12-6-2-1-5-11(12)13(17)15-7-3-4-10-8-16-18-9-10/h1-2,5-6,8-9H,3-4,7H2,(H,15,17). The van der Waals surface area contributed by atoms with E-state index in [0.717, 1.165) is 18.4 Å². The maximum atomic E-state index is 13.3. The first-order chi connectivity index (χ1) is 8.77. The molecule has 0 atom stereocenters. The summed E-state index contributed by atoms with van der Waals surface area (Å²) in [7, 11) is 0. The Kier molecular flexibility index (Phi) is 4.06. The summed E-state index contributed by atoms with van der Waals surface area (Å²) in [6.07, 6.45) is 4.72. The van der Waals surface area contributed by atoms with Gasteiger partial charge in [0.25, 0.3) is 5.91 Å². The summed E-state index contributed by atoms with van der Waals surface area (Å²) >= 11 is 0. The van der Waals surface area contributed by atoms with Crippen LogP contribution in [0.2, 0.25) is 0 Å². The zero-order valence-corrected chi connectivity index (χ0v) is 9.73. The van der Waals surface area contributed by atoms with E-state index in [9.17, 15) is 9.18 Å². The second-order valence-electron chi connectivity index (χ2n) is 3.87. The van der Waals surface area contributed by atoms with Crippen LogP contribution in [0.25, 0.3) is 0 Å². The number of carbonyl (C=O) groups is 1. The molecule has 0 aliphatic heterocycles. The van der Waals surface area contributed by atoms with Crippen molar-refractivity contribution in [1.82, 2.24) is 10.5 Å². The third-order valence-corrected chi connectivity index (χ3v) is 2.53. The van der Waals surface area contributed by atoms with Gasteiger partial charge in [0.05, 0.1) is 11.8 Å². The van der Waals surface area contributed by atoms with Gasteiger partial charge in [-0.1, -0.05) is 17.3 Å². The van der Waals surface area contributed by atoms with Crippen LogP contribution in [-0.4, -0.2) is 17.6 Å². The molecular weight excluding hydrogens is 235 g/mol. The molecule has 0 aliphatic carbocycles. The molecule has 4 nitrogen and oxygen atoms in total. The van der Waals surface area contributed by atoms with Gasteiger partial charge in [0, 0.05) is 12.1 Å². The molecule has 0 unspecified atom stereocenters. The second kappa shape index (κ2) is 5.95. The summed E-state index contributed by atoms with van der Waals surface area (Å²) in [5.74, 6) is -0.896. The van der Waals surface area contributed by atoms with E-state index in [0.29, 0.717) is 6.54 Å². The third kappa shape index (κ3) is 3.16. The van der Waals surface area contributed by atoms with E-state index in [1.54, 1.807) is 24.6 Å². The highest BCUT2D eigenvalue weighted by Crippen LogP contribution is 2.06. The zero-order chi connectivity index (χ0) is 12.8. The van der Waals surface area contributed by atoms with Gasteiger partial charge in [0.2, 0.25) is 0 Å². The maximum absolute atomic E-state index is 13.3. The van der Waals surface area contributed by atoms with Crippen LogP contribution in [0, 0.1) is 5.82 Å². The van der Waals surface area contributed by atoms with Crippen molar-refractivity contribution in [2.45, 2.75) is 12.8 Å². The van der Waals surface area contributed by atoms with E-state index in [2.05, 4.69) is 10.5 Å². The van der Waals surface area contributed by atoms with E-state index in [1.165, 1.54) is 12.1 Å². The minimum atomic E-state index is -0.506. The van der Waals surface area contributed by atoms with E-state index in [-0.39, 0.29) is 5.56 Å². The smallest absolute Gasteiger partial charge is 0.254 e. The largest absolute Gasteiger partial charge is 0.364 e. The molecule has 18 heavy (non-hydrogen) atoms. The molecule has 1 heterocycles. The Morgan fingerprint density at radius 2 is 2.22 bits per heavy atom. The highest BCUT2D eigenvalue weighted by molar-refractivity contribution is 5.94. The summed E-state index contributed by atoms with van der Waals surface area (Å²) < 4.78 is 18.0. The Labute approximate surface area is 104 Å². The van der Waals surface area contributed by atoms with E-state index in [4.69, 9.17) is 4.52 Å². The first kappa shape index (κ1) is 12.3. The topological polar surface area (TPSA) is 55.1 Å². The van der Waals surface area contributed by atoms with Gasteiger partial charge in [-0.15, -0.1) is 0 Å². The Morgan fingerprint density at radius 3 is 2.94 bits per heavy atom. The minimum Gasteiger partial charge on any atom is -0.364 e. The van der Waals surface area contributed by atoms with Gasteiger partial charge in [-0.3, -0.25) is 4.79 Å². The minimum absolute atomic E-state index is 0.0717. The number of hydrogen-bond donors (Lipinski definition) is 1. The summed E-state index contributed by atoms with van der Waals surface area (Å²) in [5.41, 5.74) is 1.05. The number of nitrogens with one attached hydrogen (secondary N) is 1. The van der Waals surface area contributed by atoms with Crippen molar-refractivity contribution >= 4 is 5.91 Å². The van der Waals surface area contributed by atoms with Crippen molar-refractivity contribution in [1.29, 1.82) is 0 Å². The SMILES string of the molecule is O=C(NCCCc1cnoc1)c1ccccc1F. The number of aromatic nitrogens is 1. The molecular formula is C13H13FN2O2. The molecule has 1 amide bonds. The van der Waals surface area contributed by atoms with Crippen LogP contribution in [0.4, 0.5) is 4.39 Å². The lowest BCUT2D eigenvalue weighted by Gasteiger charge is -2.05. The van der Waals surface area contributed by atoms with Crippen LogP contribution >= 0.6 is 0 Å². The quantitative estimate of drug-likeness (QED) is 0.825. The molecule has 1 aromatic carbocycles. The van der Waals surface area contributed by atoms with E-state index in [1.807, 2.05) is 0 Å². The fourth-order valence-corrected chi connectivity index (χ4v) is 1.59. The second-order valence-corrected chi connectivity index (χ2v) is 3.87. The molecule has 0 spiro atoms. The number of carbonyl (C=O) groups excluding carboxylic acids is 1. The predicted molar refractivity (Wildman–Crippen MR) is 63.6 cm³/mol. The number of nitrogens with zero attached hydrogens (tertiary/aromatic N) is 1. The van der Waals surface area contributed by atoms with Gasteiger partial charge in [0.1, 0.15) is 12.1 Å². The van der Waals surface area contributed by atoms with Crippen LogP contribution in [0.5, 0.6) is 0 Å². The fourth-order valence-electron chi connectivity index (χ4n) is 1.59. The Morgan fingerprint density at radius 1 is 1.39 bits per heavy atom. The summed E-state index contributed by atoms with van der Waals surface area (Å²) in [5, 5.41) is 6.26. The molecule has 1 N–H and O–H groups in total. The van der Waals surface area contributed by atoms with Crippen LogP contribution in [0.1, 0.15) is 22.3 Å². The fraction of sp³-hybridized carbons (Fsp3) is 0.231. The number of hydrogen-bond acceptors (Lipinski definition) is 3. The van der Waals surface area contributed by atoms with Crippen molar-refractivity contribution in [3.8, 4) is 0 Å². The van der Waals surface area contributed by atoms with Gasteiger partial charge in [-0.05, 0) is 25.0 Å². The van der Waals surface area contributed by atoms with E-state index < -0.39 is 11.7 Å². The van der Waals surface area contributed by atoms with Gasteiger partial charge >= 0.3 is 0 Å². The lowest BCUT2D eigenvalue weighted by molar-refractivity contribution is 0.0949. The Hall–Kier alpha value is -2.17. The Balaban J connectivity index is 1.77. The molecule has 0 saturated heterocycles.